The van der Waals surface area contributed by atoms with Gasteiger partial charge in [-0.05, 0) is 31.0 Å². The summed E-state index contributed by atoms with van der Waals surface area (Å²) in [6.45, 7) is 5.68. The molecule has 0 radical (unpaired) electrons. The summed E-state index contributed by atoms with van der Waals surface area (Å²) >= 11 is 11.6. The van der Waals surface area contributed by atoms with Crippen molar-refractivity contribution in [3.63, 3.8) is 0 Å². The highest BCUT2D eigenvalue weighted by Crippen LogP contribution is 2.25. The van der Waals surface area contributed by atoms with Gasteiger partial charge in [-0.2, -0.15) is 0 Å². The summed E-state index contributed by atoms with van der Waals surface area (Å²) in [4.78, 5) is 0.0131. The molecule has 0 saturated heterocycles. The molecule has 1 N–H and O–H groups in total. The third-order valence-corrected chi connectivity index (χ3v) is 4.80. The Balaban J connectivity index is 3.09. The molecule has 0 bridgehead atoms. The number of hydrogen-bond donors (Lipinski definition) is 1. The van der Waals surface area contributed by atoms with Crippen LogP contribution >= 0.6 is 23.2 Å². The minimum absolute atomic E-state index is 0.0131. The zero-order valence-corrected chi connectivity index (χ0v) is 12.2. The van der Waals surface area contributed by atoms with Crippen LogP contribution in [0.1, 0.15) is 20.8 Å². The van der Waals surface area contributed by atoms with Crippen molar-refractivity contribution in [2.24, 2.45) is 5.92 Å². The number of nitrogens with one attached hydrogen (secondary N) is 1. The van der Waals surface area contributed by atoms with Gasteiger partial charge in [-0.3, -0.25) is 0 Å². The Bertz CT molecular complexity index is 500. The summed E-state index contributed by atoms with van der Waals surface area (Å²) in [5.74, 6) is 0.197. The van der Waals surface area contributed by atoms with Gasteiger partial charge in [0.15, 0.2) is 0 Å². The van der Waals surface area contributed by atoms with Gasteiger partial charge in [-0.25, -0.2) is 13.1 Å². The van der Waals surface area contributed by atoms with Crippen molar-refractivity contribution in [2.45, 2.75) is 31.7 Å². The van der Waals surface area contributed by atoms with E-state index in [-0.39, 0.29) is 21.9 Å². The molecule has 3 nitrogen and oxygen atoms in total. The molecule has 0 amide bonds. The van der Waals surface area contributed by atoms with Crippen LogP contribution in [0.3, 0.4) is 0 Å². The van der Waals surface area contributed by atoms with Crippen LogP contribution in [0.5, 0.6) is 0 Å². The van der Waals surface area contributed by atoms with Crippen LogP contribution in [0.2, 0.25) is 10.0 Å². The fraction of sp³-hybridized carbons (Fsp3) is 0.455. The molecule has 0 saturated carbocycles. The third-order valence-electron chi connectivity index (χ3n) is 2.52. The standard InChI is InChI=1S/C11H15Cl2NO2S/c1-7(2)8(3)14-17(15,16)11-6-9(12)4-5-10(11)13/h4-8,14H,1-3H3. The van der Waals surface area contributed by atoms with Crippen LogP contribution in [-0.2, 0) is 10.0 Å². The summed E-state index contributed by atoms with van der Waals surface area (Å²) in [7, 11) is -3.62. The van der Waals surface area contributed by atoms with E-state index in [9.17, 15) is 8.42 Å². The summed E-state index contributed by atoms with van der Waals surface area (Å²) in [5.41, 5.74) is 0. The van der Waals surface area contributed by atoms with E-state index in [1.165, 1.54) is 12.1 Å². The second-order valence-electron chi connectivity index (χ2n) is 4.23. The first-order valence-corrected chi connectivity index (χ1v) is 7.45. The predicted molar refractivity (Wildman–Crippen MR) is 71.1 cm³/mol. The molecular weight excluding hydrogens is 281 g/mol. The highest BCUT2D eigenvalue weighted by molar-refractivity contribution is 7.89. The topological polar surface area (TPSA) is 46.2 Å². The maximum absolute atomic E-state index is 12.1. The van der Waals surface area contributed by atoms with Gasteiger partial charge in [0.05, 0.1) is 5.02 Å². The van der Waals surface area contributed by atoms with E-state index in [0.29, 0.717) is 5.02 Å². The van der Waals surface area contributed by atoms with Crippen LogP contribution in [0.15, 0.2) is 23.1 Å². The lowest BCUT2D eigenvalue weighted by Gasteiger charge is -2.18. The molecule has 1 atom stereocenters. The van der Waals surface area contributed by atoms with E-state index in [4.69, 9.17) is 23.2 Å². The van der Waals surface area contributed by atoms with Crippen LogP contribution in [0, 0.1) is 5.92 Å². The molecule has 0 spiro atoms. The van der Waals surface area contributed by atoms with Gasteiger partial charge in [-0.1, -0.05) is 37.0 Å². The van der Waals surface area contributed by atoms with Crippen molar-refractivity contribution < 1.29 is 8.42 Å². The fourth-order valence-corrected chi connectivity index (χ4v) is 3.28. The van der Waals surface area contributed by atoms with Crippen molar-refractivity contribution in [1.29, 1.82) is 0 Å². The second kappa shape index (κ2) is 5.57. The first-order valence-electron chi connectivity index (χ1n) is 5.21. The van der Waals surface area contributed by atoms with E-state index in [0.717, 1.165) is 0 Å². The van der Waals surface area contributed by atoms with Crippen molar-refractivity contribution in [3.8, 4) is 0 Å². The molecule has 0 aromatic heterocycles. The summed E-state index contributed by atoms with van der Waals surface area (Å²) in [5, 5.41) is 0.504. The lowest BCUT2D eigenvalue weighted by Crippen LogP contribution is -2.36. The lowest BCUT2D eigenvalue weighted by atomic mass is 10.1. The predicted octanol–water partition coefficient (Wildman–Crippen LogP) is 3.32. The van der Waals surface area contributed by atoms with E-state index >= 15 is 0 Å². The van der Waals surface area contributed by atoms with Crippen molar-refractivity contribution in [3.05, 3.63) is 28.2 Å². The summed E-state index contributed by atoms with van der Waals surface area (Å²) in [6, 6.07) is 4.20. The van der Waals surface area contributed by atoms with Crippen molar-refractivity contribution >= 4 is 33.2 Å². The summed E-state index contributed by atoms with van der Waals surface area (Å²) < 4.78 is 26.7. The molecule has 1 rings (SSSR count). The Hall–Kier alpha value is -0.290. The molecule has 17 heavy (non-hydrogen) atoms. The average molecular weight is 296 g/mol. The molecular formula is C11H15Cl2NO2S. The maximum Gasteiger partial charge on any atom is 0.242 e. The Kier molecular flexibility index (Phi) is 4.84. The zero-order chi connectivity index (χ0) is 13.2. The minimum Gasteiger partial charge on any atom is -0.208 e. The van der Waals surface area contributed by atoms with Crippen LogP contribution in [0.25, 0.3) is 0 Å². The third kappa shape index (κ3) is 3.85. The average Bonchev–Trinajstić information content (AvgIpc) is 2.20. The number of rotatable bonds is 4. The van der Waals surface area contributed by atoms with Gasteiger partial charge in [-0.15, -0.1) is 0 Å². The molecule has 0 aliphatic rings. The quantitative estimate of drug-likeness (QED) is 0.926. The number of sulfonamides is 1. The highest BCUT2D eigenvalue weighted by atomic mass is 35.5. The Labute approximate surface area is 112 Å². The van der Waals surface area contributed by atoms with Gasteiger partial charge in [0, 0.05) is 11.1 Å². The van der Waals surface area contributed by atoms with E-state index in [2.05, 4.69) is 4.72 Å². The highest BCUT2D eigenvalue weighted by Gasteiger charge is 2.22. The van der Waals surface area contributed by atoms with Gasteiger partial charge in [0.2, 0.25) is 10.0 Å². The largest absolute Gasteiger partial charge is 0.242 e. The fourth-order valence-electron chi connectivity index (χ4n) is 1.13. The number of benzene rings is 1. The van der Waals surface area contributed by atoms with Gasteiger partial charge in [0.1, 0.15) is 4.90 Å². The lowest BCUT2D eigenvalue weighted by molar-refractivity contribution is 0.476. The first-order chi connectivity index (χ1) is 7.74. The molecule has 1 unspecified atom stereocenters. The van der Waals surface area contributed by atoms with Crippen molar-refractivity contribution in [1.82, 2.24) is 4.72 Å². The zero-order valence-electron chi connectivity index (χ0n) is 9.87. The van der Waals surface area contributed by atoms with Crippen molar-refractivity contribution in [2.75, 3.05) is 0 Å². The molecule has 0 heterocycles. The Morgan fingerprint density at radius 1 is 1.18 bits per heavy atom. The summed E-state index contributed by atoms with van der Waals surface area (Å²) in [6.07, 6.45) is 0. The van der Waals surface area contributed by atoms with E-state index in [1.54, 1.807) is 13.0 Å². The Morgan fingerprint density at radius 3 is 2.29 bits per heavy atom. The molecule has 0 fully saturated rings. The SMILES string of the molecule is CC(C)C(C)NS(=O)(=O)c1cc(Cl)ccc1Cl. The Morgan fingerprint density at radius 2 is 1.76 bits per heavy atom. The maximum atomic E-state index is 12.1. The van der Waals surface area contributed by atoms with Gasteiger partial charge < -0.3 is 0 Å². The molecule has 0 aliphatic carbocycles. The number of halogens is 2. The first kappa shape index (κ1) is 14.8. The molecule has 1 aromatic carbocycles. The number of hydrogen-bond acceptors (Lipinski definition) is 2. The molecule has 0 aliphatic heterocycles. The normalized spacial score (nSPS) is 14.0. The van der Waals surface area contributed by atoms with Crippen LogP contribution in [-0.4, -0.2) is 14.5 Å². The van der Waals surface area contributed by atoms with Gasteiger partial charge in [0.25, 0.3) is 0 Å². The minimum atomic E-state index is -3.62. The smallest absolute Gasteiger partial charge is 0.208 e. The molecule has 6 heteroatoms. The van der Waals surface area contributed by atoms with E-state index < -0.39 is 10.0 Å². The monoisotopic (exact) mass is 295 g/mol. The molecule has 96 valence electrons. The second-order valence-corrected chi connectivity index (χ2v) is 6.75. The van der Waals surface area contributed by atoms with E-state index in [1.807, 2.05) is 13.8 Å². The van der Waals surface area contributed by atoms with Crippen LogP contribution < -0.4 is 4.72 Å². The van der Waals surface area contributed by atoms with Gasteiger partial charge >= 0.3 is 0 Å². The van der Waals surface area contributed by atoms with Crippen LogP contribution in [0.4, 0.5) is 0 Å². The molecule has 1 aromatic rings.